The first kappa shape index (κ1) is 24.6. The summed E-state index contributed by atoms with van der Waals surface area (Å²) in [5.41, 5.74) is 0.534. The van der Waals surface area contributed by atoms with Crippen LogP contribution in [0.2, 0.25) is 0 Å². The summed E-state index contributed by atoms with van der Waals surface area (Å²) < 4.78 is 11.1. The Morgan fingerprint density at radius 3 is 1.93 bits per heavy atom. The summed E-state index contributed by atoms with van der Waals surface area (Å²) in [6.07, 6.45) is 20.1. The standard InChI is InChI=1S/C25H38O4S/c1-2-3-4-5-6-7-8-9-10-11-12-13-14-15-16-17-24(26)28-21-18-19-22-23(20-21)30-25(27)29-22/h18-20H,2-17H2,1H3. The molecule has 2 rings (SSSR count). The lowest BCUT2D eigenvalue weighted by molar-refractivity contribution is -0.134. The summed E-state index contributed by atoms with van der Waals surface area (Å²) in [4.78, 5) is 22.9. The van der Waals surface area contributed by atoms with E-state index in [9.17, 15) is 9.59 Å². The first-order chi connectivity index (χ1) is 14.7. The Bertz CT molecular complexity index is 777. The first-order valence-electron chi connectivity index (χ1n) is 11.9. The fourth-order valence-electron chi connectivity index (χ4n) is 3.74. The van der Waals surface area contributed by atoms with Gasteiger partial charge in [-0.1, -0.05) is 108 Å². The van der Waals surface area contributed by atoms with Crippen molar-refractivity contribution < 1.29 is 13.9 Å². The second-order valence-corrected chi connectivity index (χ2v) is 9.21. The summed E-state index contributed by atoms with van der Waals surface area (Å²) >= 11 is 1.02. The monoisotopic (exact) mass is 434 g/mol. The van der Waals surface area contributed by atoms with Crippen LogP contribution in [0.1, 0.15) is 110 Å². The number of hydrogen-bond acceptors (Lipinski definition) is 5. The molecular weight excluding hydrogens is 396 g/mol. The Hall–Kier alpha value is -1.62. The first-order valence-corrected chi connectivity index (χ1v) is 12.7. The Morgan fingerprint density at radius 1 is 0.833 bits per heavy atom. The zero-order valence-corrected chi connectivity index (χ0v) is 19.4. The smallest absolute Gasteiger partial charge is 0.396 e. The number of hydrogen-bond donors (Lipinski definition) is 0. The van der Waals surface area contributed by atoms with Gasteiger partial charge in [0.15, 0.2) is 0 Å². The normalized spacial score (nSPS) is 11.2. The van der Waals surface area contributed by atoms with Crippen molar-refractivity contribution in [2.45, 2.75) is 110 Å². The Morgan fingerprint density at radius 2 is 1.37 bits per heavy atom. The third-order valence-electron chi connectivity index (χ3n) is 5.52. The second kappa shape index (κ2) is 15.2. The summed E-state index contributed by atoms with van der Waals surface area (Å²) in [6, 6.07) is 5.03. The van der Waals surface area contributed by atoms with E-state index in [4.69, 9.17) is 9.15 Å². The van der Waals surface area contributed by atoms with E-state index >= 15 is 0 Å². The van der Waals surface area contributed by atoms with E-state index < -0.39 is 0 Å². The molecular formula is C25H38O4S. The van der Waals surface area contributed by atoms with Crippen LogP contribution in [0.4, 0.5) is 0 Å². The van der Waals surface area contributed by atoms with Crippen molar-refractivity contribution >= 4 is 27.6 Å². The highest BCUT2D eigenvalue weighted by molar-refractivity contribution is 7.16. The van der Waals surface area contributed by atoms with Crippen LogP contribution in [0.15, 0.2) is 27.4 Å². The molecule has 0 fully saturated rings. The highest BCUT2D eigenvalue weighted by Gasteiger charge is 2.08. The number of esters is 1. The molecule has 0 aliphatic rings. The third-order valence-corrected chi connectivity index (χ3v) is 6.31. The van der Waals surface area contributed by atoms with Gasteiger partial charge in [0, 0.05) is 12.5 Å². The predicted octanol–water partition coefficient (Wildman–Crippen LogP) is 8.02. The maximum atomic E-state index is 12.0. The van der Waals surface area contributed by atoms with Gasteiger partial charge in [0.05, 0.1) is 4.70 Å². The number of carbonyl (C=O) groups excluding carboxylic acids is 1. The number of benzene rings is 1. The molecule has 0 unspecified atom stereocenters. The van der Waals surface area contributed by atoms with E-state index in [0.29, 0.717) is 22.5 Å². The van der Waals surface area contributed by atoms with Gasteiger partial charge in [0.25, 0.3) is 0 Å². The summed E-state index contributed by atoms with van der Waals surface area (Å²) in [7, 11) is 0. The lowest BCUT2D eigenvalue weighted by Crippen LogP contribution is -2.07. The van der Waals surface area contributed by atoms with Gasteiger partial charge in [-0.15, -0.1) is 0 Å². The molecule has 168 valence electrons. The summed E-state index contributed by atoms with van der Waals surface area (Å²) in [6.45, 7) is 2.27. The lowest BCUT2D eigenvalue weighted by Gasteiger charge is -2.05. The highest BCUT2D eigenvalue weighted by Crippen LogP contribution is 2.23. The maximum absolute atomic E-state index is 12.0. The van der Waals surface area contributed by atoms with Crippen molar-refractivity contribution in [3.8, 4) is 5.75 Å². The molecule has 5 heteroatoms. The van der Waals surface area contributed by atoms with Crippen LogP contribution >= 0.6 is 11.3 Å². The van der Waals surface area contributed by atoms with Gasteiger partial charge >= 0.3 is 10.9 Å². The second-order valence-electron chi connectivity index (χ2n) is 8.24. The minimum Gasteiger partial charge on any atom is -0.426 e. The molecule has 1 aromatic heterocycles. The van der Waals surface area contributed by atoms with Crippen molar-refractivity contribution in [1.82, 2.24) is 0 Å². The topological polar surface area (TPSA) is 56.5 Å². The largest absolute Gasteiger partial charge is 0.426 e. The van der Waals surface area contributed by atoms with Gasteiger partial charge in [-0.2, -0.15) is 0 Å². The molecule has 0 aliphatic heterocycles. The molecule has 0 N–H and O–H groups in total. The molecule has 2 aromatic rings. The van der Waals surface area contributed by atoms with Gasteiger partial charge < -0.3 is 9.15 Å². The zero-order chi connectivity index (χ0) is 21.4. The Kier molecular flexibility index (Phi) is 12.5. The molecule has 0 saturated carbocycles. The average molecular weight is 435 g/mol. The SMILES string of the molecule is CCCCCCCCCCCCCCCCCC(=O)Oc1ccc2oc(=O)sc2c1. The molecule has 0 atom stereocenters. The predicted molar refractivity (Wildman–Crippen MR) is 126 cm³/mol. The lowest BCUT2D eigenvalue weighted by atomic mass is 10.0. The van der Waals surface area contributed by atoms with Gasteiger partial charge in [0.2, 0.25) is 0 Å². The fraction of sp³-hybridized carbons (Fsp3) is 0.680. The van der Waals surface area contributed by atoms with E-state index in [-0.39, 0.29) is 10.9 Å². The van der Waals surface area contributed by atoms with Crippen molar-refractivity contribution in [3.63, 3.8) is 0 Å². The number of ether oxygens (including phenoxy) is 1. The van der Waals surface area contributed by atoms with Crippen LogP contribution < -0.4 is 9.68 Å². The molecule has 1 heterocycles. The average Bonchev–Trinajstić information content (AvgIpc) is 3.10. The molecule has 0 radical (unpaired) electrons. The summed E-state index contributed by atoms with van der Waals surface area (Å²) in [5, 5.41) is 0. The Labute approximate surface area is 185 Å². The fourth-order valence-corrected chi connectivity index (χ4v) is 4.44. The van der Waals surface area contributed by atoms with Crippen molar-refractivity contribution in [3.05, 3.63) is 27.9 Å². The molecule has 0 spiro atoms. The quantitative estimate of drug-likeness (QED) is 0.144. The van der Waals surface area contributed by atoms with E-state index in [0.717, 1.165) is 24.2 Å². The molecule has 0 aliphatic carbocycles. The van der Waals surface area contributed by atoms with Crippen LogP contribution in [-0.2, 0) is 4.79 Å². The molecule has 30 heavy (non-hydrogen) atoms. The zero-order valence-electron chi connectivity index (χ0n) is 18.6. The van der Waals surface area contributed by atoms with Crippen LogP contribution in [0.25, 0.3) is 10.3 Å². The molecule has 0 bridgehead atoms. The Balaban J connectivity index is 1.39. The van der Waals surface area contributed by atoms with Crippen LogP contribution in [0.3, 0.4) is 0 Å². The van der Waals surface area contributed by atoms with Crippen molar-refractivity contribution in [2.24, 2.45) is 0 Å². The van der Waals surface area contributed by atoms with Gasteiger partial charge in [-0.25, -0.2) is 4.79 Å². The van der Waals surface area contributed by atoms with E-state index in [1.807, 2.05) is 0 Å². The number of unbranched alkanes of at least 4 members (excludes halogenated alkanes) is 14. The molecule has 1 aromatic carbocycles. The number of fused-ring (bicyclic) bond motifs is 1. The number of carbonyl (C=O) groups is 1. The van der Waals surface area contributed by atoms with Crippen LogP contribution in [-0.4, -0.2) is 5.97 Å². The van der Waals surface area contributed by atoms with Gasteiger partial charge in [0.1, 0.15) is 11.3 Å². The van der Waals surface area contributed by atoms with Crippen molar-refractivity contribution in [1.29, 1.82) is 0 Å². The van der Waals surface area contributed by atoms with E-state index in [2.05, 4.69) is 6.92 Å². The van der Waals surface area contributed by atoms with Crippen LogP contribution in [0, 0.1) is 0 Å². The minimum absolute atomic E-state index is 0.208. The molecule has 0 amide bonds. The molecule has 0 saturated heterocycles. The third kappa shape index (κ3) is 10.4. The van der Waals surface area contributed by atoms with Crippen molar-refractivity contribution in [2.75, 3.05) is 0 Å². The maximum Gasteiger partial charge on any atom is 0.396 e. The summed E-state index contributed by atoms with van der Waals surface area (Å²) in [5.74, 6) is 0.269. The minimum atomic E-state index is -0.341. The van der Waals surface area contributed by atoms with E-state index in [1.54, 1.807) is 18.2 Å². The number of rotatable bonds is 17. The highest BCUT2D eigenvalue weighted by atomic mass is 32.1. The van der Waals surface area contributed by atoms with Gasteiger partial charge in [-0.3, -0.25) is 4.79 Å². The van der Waals surface area contributed by atoms with Gasteiger partial charge in [-0.05, 0) is 18.6 Å². The van der Waals surface area contributed by atoms with Crippen LogP contribution in [0.5, 0.6) is 5.75 Å². The molecule has 4 nitrogen and oxygen atoms in total. The van der Waals surface area contributed by atoms with E-state index in [1.165, 1.54) is 83.5 Å².